The number of cyclic esters (lactones) is 1. The third-order valence-corrected chi connectivity index (χ3v) is 6.29. The van der Waals surface area contributed by atoms with Crippen molar-refractivity contribution in [3.63, 3.8) is 0 Å². The monoisotopic (exact) mass is 418 g/mol. The van der Waals surface area contributed by atoms with Crippen LogP contribution in [0, 0.1) is 0 Å². The van der Waals surface area contributed by atoms with Crippen LogP contribution in [0.1, 0.15) is 35.6 Å². The maximum Gasteiger partial charge on any atom is 0.343 e. The molecule has 4 heterocycles. The van der Waals surface area contributed by atoms with Crippen LogP contribution >= 0.6 is 0 Å². The number of hydrogen-bond acceptors (Lipinski definition) is 6. The van der Waals surface area contributed by atoms with Gasteiger partial charge in [-0.1, -0.05) is 13.0 Å². The average molecular weight is 418 g/mol. The highest BCUT2D eigenvalue weighted by atomic mass is 16.6. The molecule has 0 unspecified atom stereocenters. The third kappa shape index (κ3) is 2.59. The standard InChI is InChI=1S/C24H22N2O5/c1-4-8-24(29)18-10-20-21-16(11-26(20)22(27)17(18)12-31-23(24)28)14(5-2)15-9-13(30-3)6-7-19(15)25-21/h4,6-7,9-10,29H,1,5,8,11-12H2,2-3H3/t24-/m1/s1. The smallest absolute Gasteiger partial charge is 0.343 e. The zero-order chi connectivity index (χ0) is 21.9. The Kier molecular flexibility index (Phi) is 4.27. The van der Waals surface area contributed by atoms with Crippen LogP contribution in [0.25, 0.3) is 22.3 Å². The van der Waals surface area contributed by atoms with Crippen molar-refractivity contribution >= 4 is 16.9 Å². The van der Waals surface area contributed by atoms with E-state index in [2.05, 4.69) is 13.5 Å². The number of carbonyl (C=O) groups excluding carboxylic acids is 1. The summed E-state index contributed by atoms with van der Waals surface area (Å²) in [5, 5.41) is 12.1. The van der Waals surface area contributed by atoms with E-state index in [1.165, 1.54) is 6.08 Å². The minimum atomic E-state index is -1.93. The lowest BCUT2D eigenvalue weighted by molar-refractivity contribution is -0.171. The number of rotatable bonds is 4. The van der Waals surface area contributed by atoms with Gasteiger partial charge in [0.05, 0.1) is 36.1 Å². The molecule has 31 heavy (non-hydrogen) atoms. The number of fused-ring (bicyclic) bond motifs is 5. The average Bonchev–Trinajstić information content (AvgIpc) is 3.13. The fourth-order valence-electron chi connectivity index (χ4n) is 4.74. The molecule has 0 saturated heterocycles. The van der Waals surface area contributed by atoms with E-state index in [4.69, 9.17) is 14.5 Å². The van der Waals surface area contributed by atoms with Crippen LogP contribution in [0.15, 0.2) is 41.7 Å². The van der Waals surface area contributed by atoms with Crippen LogP contribution in [0.4, 0.5) is 0 Å². The van der Waals surface area contributed by atoms with Crippen molar-refractivity contribution in [1.82, 2.24) is 9.55 Å². The first kappa shape index (κ1) is 19.5. The molecule has 1 N–H and O–H groups in total. The molecular weight excluding hydrogens is 396 g/mol. The first-order valence-electron chi connectivity index (χ1n) is 10.2. The molecule has 0 aliphatic carbocycles. The largest absolute Gasteiger partial charge is 0.497 e. The van der Waals surface area contributed by atoms with Crippen molar-refractivity contribution in [3.8, 4) is 17.1 Å². The van der Waals surface area contributed by atoms with Gasteiger partial charge in [0.15, 0.2) is 5.60 Å². The SMILES string of the molecule is C=CC[C@]1(O)C(=O)OCc2c1cc1n(c2=O)Cc2c-1nc1ccc(OC)cc1c2CC. The third-order valence-electron chi connectivity index (χ3n) is 6.29. The molecule has 0 amide bonds. The number of pyridine rings is 2. The maximum atomic E-state index is 13.4. The zero-order valence-corrected chi connectivity index (χ0v) is 17.4. The number of aliphatic hydroxyl groups is 1. The second kappa shape index (κ2) is 6.78. The highest BCUT2D eigenvalue weighted by Crippen LogP contribution is 2.40. The highest BCUT2D eigenvalue weighted by molar-refractivity contribution is 5.90. The number of aryl methyl sites for hydroxylation is 1. The highest BCUT2D eigenvalue weighted by Gasteiger charge is 2.46. The predicted molar refractivity (Wildman–Crippen MR) is 115 cm³/mol. The van der Waals surface area contributed by atoms with Gasteiger partial charge in [0.25, 0.3) is 5.56 Å². The van der Waals surface area contributed by atoms with Gasteiger partial charge in [-0.05, 0) is 36.2 Å². The summed E-state index contributed by atoms with van der Waals surface area (Å²) in [7, 11) is 1.63. The molecule has 0 spiro atoms. The van der Waals surface area contributed by atoms with Crippen molar-refractivity contribution in [1.29, 1.82) is 0 Å². The van der Waals surface area contributed by atoms with Gasteiger partial charge in [-0.2, -0.15) is 0 Å². The second-order valence-electron chi connectivity index (χ2n) is 7.90. The summed E-state index contributed by atoms with van der Waals surface area (Å²) in [6.45, 7) is 5.93. The Morgan fingerprint density at radius 2 is 2.13 bits per heavy atom. The summed E-state index contributed by atoms with van der Waals surface area (Å²) >= 11 is 0. The van der Waals surface area contributed by atoms with Crippen molar-refractivity contribution in [2.45, 2.75) is 38.5 Å². The quantitative estimate of drug-likeness (QED) is 0.405. The topological polar surface area (TPSA) is 90.7 Å². The zero-order valence-electron chi connectivity index (χ0n) is 17.4. The molecule has 0 bridgehead atoms. The van der Waals surface area contributed by atoms with Crippen LogP contribution in [-0.4, -0.2) is 27.7 Å². The van der Waals surface area contributed by atoms with E-state index < -0.39 is 11.6 Å². The van der Waals surface area contributed by atoms with E-state index in [-0.39, 0.29) is 24.2 Å². The second-order valence-corrected chi connectivity index (χ2v) is 7.90. The normalized spacial score (nSPS) is 18.9. The van der Waals surface area contributed by atoms with Gasteiger partial charge in [0.1, 0.15) is 12.4 Å². The molecule has 7 nitrogen and oxygen atoms in total. The maximum absolute atomic E-state index is 13.4. The fraction of sp³-hybridized carbons (Fsp3) is 0.292. The molecule has 2 aromatic heterocycles. The molecule has 3 aromatic rings. The van der Waals surface area contributed by atoms with Crippen LogP contribution in [0.2, 0.25) is 0 Å². The number of ether oxygens (including phenoxy) is 2. The van der Waals surface area contributed by atoms with E-state index in [1.807, 2.05) is 18.2 Å². The fourth-order valence-corrected chi connectivity index (χ4v) is 4.74. The van der Waals surface area contributed by atoms with E-state index in [1.54, 1.807) is 17.7 Å². The first-order valence-corrected chi connectivity index (χ1v) is 10.2. The van der Waals surface area contributed by atoms with E-state index in [0.717, 1.165) is 34.2 Å². The Morgan fingerprint density at radius 1 is 1.32 bits per heavy atom. The molecule has 7 heteroatoms. The Bertz CT molecular complexity index is 1340. The van der Waals surface area contributed by atoms with Gasteiger partial charge in [-0.15, -0.1) is 6.58 Å². The van der Waals surface area contributed by atoms with Gasteiger partial charge < -0.3 is 19.1 Å². The van der Waals surface area contributed by atoms with Crippen LogP contribution in [0.5, 0.6) is 5.75 Å². The number of hydrogen-bond donors (Lipinski definition) is 1. The summed E-state index contributed by atoms with van der Waals surface area (Å²) in [6, 6.07) is 7.44. The van der Waals surface area contributed by atoms with E-state index >= 15 is 0 Å². The number of esters is 1. The number of aromatic nitrogens is 2. The summed E-state index contributed by atoms with van der Waals surface area (Å²) < 4.78 is 12.2. The number of nitrogens with zero attached hydrogens (tertiary/aromatic N) is 2. The van der Waals surface area contributed by atoms with Crippen LogP contribution < -0.4 is 10.3 Å². The van der Waals surface area contributed by atoms with Crippen LogP contribution in [-0.2, 0) is 34.7 Å². The van der Waals surface area contributed by atoms with Crippen LogP contribution in [0.3, 0.4) is 0 Å². The molecule has 2 aliphatic heterocycles. The summed E-state index contributed by atoms with van der Waals surface area (Å²) in [5.41, 5.74) is 2.56. The first-order chi connectivity index (χ1) is 14.9. The lowest BCUT2D eigenvalue weighted by Crippen LogP contribution is -2.44. The van der Waals surface area contributed by atoms with Gasteiger partial charge in [0, 0.05) is 22.9 Å². The lowest BCUT2D eigenvalue weighted by Gasteiger charge is -2.31. The van der Waals surface area contributed by atoms with Crippen molar-refractivity contribution in [3.05, 3.63) is 69.5 Å². The van der Waals surface area contributed by atoms with Gasteiger partial charge in [-0.25, -0.2) is 9.78 Å². The Morgan fingerprint density at radius 3 is 2.84 bits per heavy atom. The molecular formula is C24H22N2O5. The van der Waals surface area contributed by atoms with Crippen molar-refractivity contribution in [2.75, 3.05) is 7.11 Å². The Labute approximate surface area is 178 Å². The number of carbonyl (C=O) groups is 1. The molecule has 5 rings (SSSR count). The molecule has 1 aromatic carbocycles. The van der Waals surface area contributed by atoms with Crippen molar-refractivity contribution in [2.24, 2.45) is 0 Å². The number of benzene rings is 1. The van der Waals surface area contributed by atoms with Gasteiger partial charge in [0.2, 0.25) is 0 Å². The molecule has 0 radical (unpaired) electrons. The molecule has 2 aliphatic rings. The van der Waals surface area contributed by atoms with Crippen molar-refractivity contribution < 1.29 is 19.4 Å². The molecule has 1 atom stereocenters. The number of methoxy groups -OCH3 is 1. The van der Waals surface area contributed by atoms with Gasteiger partial charge in [-0.3, -0.25) is 4.79 Å². The predicted octanol–water partition coefficient (Wildman–Crippen LogP) is 2.82. The van der Waals surface area contributed by atoms with Gasteiger partial charge >= 0.3 is 5.97 Å². The molecule has 0 saturated carbocycles. The lowest BCUT2D eigenvalue weighted by atomic mass is 9.85. The van der Waals surface area contributed by atoms with E-state index in [0.29, 0.717) is 23.5 Å². The summed E-state index contributed by atoms with van der Waals surface area (Å²) in [4.78, 5) is 30.6. The summed E-state index contributed by atoms with van der Waals surface area (Å²) in [6.07, 6.45) is 2.17. The Balaban J connectivity index is 1.80. The molecule has 0 fully saturated rings. The Hall–Kier alpha value is -3.45. The van der Waals surface area contributed by atoms with E-state index in [9.17, 15) is 14.7 Å². The summed E-state index contributed by atoms with van der Waals surface area (Å²) in [5.74, 6) is -0.0208. The minimum Gasteiger partial charge on any atom is -0.497 e. The minimum absolute atomic E-state index is 0.0419. The molecule has 158 valence electrons.